The van der Waals surface area contributed by atoms with Crippen LogP contribution in [-0.4, -0.2) is 43.1 Å². The Morgan fingerprint density at radius 3 is 2.65 bits per heavy atom. The molecule has 0 aromatic heterocycles. The highest BCUT2D eigenvalue weighted by Crippen LogP contribution is 2.13. The summed E-state index contributed by atoms with van der Waals surface area (Å²) in [5.41, 5.74) is 0.576. The van der Waals surface area contributed by atoms with E-state index >= 15 is 0 Å². The number of nitriles is 1. The van der Waals surface area contributed by atoms with E-state index in [0.717, 1.165) is 13.0 Å². The number of nitrogens with zero attached hydrogens (tertiary/aromatic N) is 2. The first-order chi connectivity index (χ1) is 11.2. The van der Waals surface area contributed by atoms with E-state index < -0.39 is 6.10 Å². The summed E-state index contributed by atoms with van der Waals surface area (Å²) < 4.78 is 5.59. The average molecular weight is 315 g/mol. The largest absolute Gasteiger partial charge is 0.481 e. The molecule has 1 amide bonds. The van der Waals surface area contributed by atoms with Crippen molar-refractivity contribution in [3.63, 3.8) is 0 Å². The molecule has 1 aliphatic rings. The van der Waals surface area contributed by atoms with Gasteiger partial charge in [-0.15, -0.1) is 0 Å². The van der Waals surface area contributed by atoms with Gasteiger partial charge in [0, 0.05) is 6.54 Å². The number of hydrogen-bond donors (Lipinski definition) is 1. The molecule has 1 atom stereocenters. The van der Waals surface area contributed by atoms with Crippen LogP contribution in [0.15, 0.2) is 24.3 Å². The van der Waals surface area contributed by atoms with E-state index in [4.69, 9.17) is 10.00 Å². The van der Waals surface area contributed by atoms with Crippen molar-refractivity contribution < 1.29 is 9.53 Å². The summed E-state index contributed by atoms with van der Waals surface area (Å²) in [6.45, 7) is 5.83. The fraction of sp³-hybridized carbons (Fsp3) is 0.556. The third kappa shape index (κ3) is 5.91. The molecule has 1 aliphatic heterocycles. The normalized spacial score (nSPS) is 16.3. The van der Waals surface area contributed by atoms with Crippen molar-refractivity contribution in [1.29, 1.82) is 5.26 Å². The van der Waals surface area contributed by atoms with E-state index in [9.17, 15) is 4.79 Å². The maximum Gasteiger partial charge on any atom is 0.260 e. The van der Waals surface area contributed by atoms with Crippen molar-refractivity contribution in [2.45, 2.75) is 38.7 Å². The van der Waals surface area contributed by atoms with Gasteiger partial charge in [0.05, 0.1) is 11.6 Å². The summed E-state index contributed by atoms with van der Waals surface area (Å²) in [4.78, 5) is 14.5. The fourth-order valence-corrected chi connectivity index (χ4v) is 2.71. The maximum atomic E-state index is 12.0. The Hall–Kier alpha value is -2.06. The first-order valence-corrected chi connectivity index (χ1v) is 8.36. The van der Waals surface area contributed by atoms with Crippen LogP contribution in [0.25, 0.3) is 0 Å². The quantitative estimate of drug-likeness (QED) is 0.784. The van der Waals surface area contributed by atoms with Crippen molar-refractivity contribution in [1.82, 2.24) is 10.2 Å². The number of piperidine rings is 1. The molecule has 124 valence electrons. The van der Waals surface area contributed by atoms with Crippen LogP contribution in [0.2, 0.25) is 0 Å². The molecule has 0 radical (unpaired) electrons. The standard InChI is InChI=1S/C18H25N3O2/c1-15(23-17-8-6-16(14-19)7-9-17)18(22)20-10-5-13-21-11-3-2-4-12-21/h6-9,15H,2-5,10-13H2,1H3,(H,20,22). The lowest BCUT2D eigenvalue weighted by Crippen LogP contribution is -2.38. The molecule has 1 saturated heterocycles. The van der Waals surface area contributed by atoms with Gasteiger partial charge in [0.15, 0.2) is 6.10 Å². The lowest BCUT2D eigenvalue weighted by Gasteiger charge is -2.26. The number of ether oxygens (including phenoxy) is 1. The third-order valence-electron chi connectivity index (χ3n) is 4.06. The predicted octanol–water partition coefficient (Wildman–Crippen LogP) is 2.32. The van der Waals surface area contributed by atoms with Crippen LogP contribution in [0.1, 0.15) is 38.2 Å². The van der Waals surface area contributed by atoms with E-state index in [1.807, 2.05) is 0 Å². The van der Waals surface area contributed by atoms with Gasteiger partial charge in [-0.25, -0.2) is 0 Å². The summed E-state index contributed by atoms with van der Waals surface area (Å²) in [5, 5.41) is 11.7. The molecule has 0 bridgehead atoms. The van der Waals surface area contributed by atoms with Gasteiger partial charge < -0.3 is 15.0 Å². The third-order valence-corrected chi connectivity index (χ3v) is 4.06. The van der Waals surface area contributed by atoms with Crippen LogP contribution in [-0.2, 0) is 4.79 Å². The first kappa shape index (κ1) is 17.3. The highest BCUT2D eigenvalue weighted by Gasteiger charge is 2.14. The molecule has 1 heterocycles. The Bertz CT molecular complexity index is 530. The smallest absolute Gasteiger partial charge is 0.260 e. The Kier molecular flexibility index (Phi) is 6.89. The number of carbonyl (C=O) groups excluding carboxylic acids is 1. The van der Waals surface area contributed by atoms with Crippen molar-refractivity contribution in [2.75, 3.05) is 26.2 Å². The molecular weight excluding hydrogens is 290 g/mol. The van der Waals surface area contributed by atoms with E-state index in [0.29, 0.717) is 17.9 Å². The Morgan fingerprint density at radius 2 is 2.00 bits per heavy atom. The molecule has 1 unspecified atom stereocenters. The van der Waals surface area contributed by atoms with Gasteiger partial charge in [-0.05, 0) is 70.1 Å². The molecule has 1 aromatic rings. The molecule has 2 rings (SSSR count). The highest BCUT2D eigenvalue weighted by molar-refractivity contribution is 5.80. The van der Waals surface area contributed by atoms with E-state index in [2.05, 4.69) is 16.3 Å². The minimum atomic E-state index is -0.544. The Balaban J connectivity index is 1.64. The van der Waals surface area contributed by atoms with Crippen LogP contribution in [0.4, 0.5) is 0 Å². The molecule has 23 heavy (non-hydrogen) atoms. The lowest BCUT2D eigenvalue weighted by molar-refractivity contribution is -0.127. The second-order valence-corrected chi connectivity index (χ2v) is 5.94. The van der Waals surface area contributed by atoms with Gasteiger partial charge in [0.2, 0.25) is 0 Å². The predicted molar refractivity (Wildman–Crippen MR) is 89.2 cm³/mol. The SMILES string of the molecule is CC(Oc1ccc(C#N)cc1)C(=O)NCCCN1CCCCC1. The van der Waals surface area contributed by atoms with Crippen molar-refractivity contribution >= 4 is 5.91 Å². The van der Waals surface area contributed by atoms with E-state index in [1.54, 1.807) is 31.2 Å². The van der Waals surface area contributed by atoms with E-state index in [-0.39, 0.29) is 5.91 Å². The van der Waals surface area contributed by atoms with Crippen molar-refractivity contribution in [2.24, 2.45) is 0 Å². The van der Waals surface area contributed by atoms with Gasteiger partial charge in [-0.2, -0.15) is 5.26 Å². The van der Waals surface area contributed by atoms with Crippen LogP contribution in [0, 0.1) is 11.3 Å². The number of rotatable bonds is 7. The molecule has 0 aliphatic carbocycles. The second kappa shape index (κ2) is 9.16. The van der Waals surface area contributed by atoms with Gasteiger partial charge in [-0.3, -0.25) is 4.79 Å². The fourth-order valence-electron chi connectivity index (χ4n) is 2.71. The monoisotopic (exact) mass is 315 g/mol. The molecule has 1 aromatic carbocycles. The lowest BCUT2D eigenvalue weighted by atomic mass is 10.1. The molecular formula is C18H25N3O2. The summed E-state index contributed by atoms with van der Waals surface area (Å²) in [5.74, 6) is 0.493. The molecule has 0 saturated carbocycles. The number of benzene rings is 1. The second-order valence-electron chi connectivity index (χ2n) is 5.94. The van der Waals surface area contributed by atoms with Crippen LogP contribution in [0.5, 0.6) is 5.75 Å². The van der Waals surface area contributed by atoms with Gasteiger partial charge in [0.1, 0.15) is 5.75 Å². The summed E-state index contributed by atoms with van der Waals surface area (Å²) in [7, 11) is 0. The number of likely N-dealkylation sites (tertiary alicyclic amines) is 1. The maximum absolute atomic E-state index is 12.0. The summed E-state index contributed by atoms with van der Waals surface area (Å²) in [6, 6.07) is 8.83. The van der Waals surface area contributed by atoms with E-state index in [1.165, 1.54) is 32.4 Å². The molecule has 0 spiro atoms. The van der Waals surface area contributed by atoms with Crippen molar-refractivity contribution in [3.05, 3.63) is 29.8 Å². The Labute approximate surface area is 138 Å². The number of hydrogen-bond acceptors (Lipinski definition) is 4. The highest BCUT2D eigenvalue weighted by atomic mass is 16.5. The molecule has 1 N–H and O–H groups in total. The zero-order valence-electron chi connectivity index (χ0n) is 13.8. The van der Waals surface area contributed by atoms with Gasteiger partial charge in [0.25, 0.3) is 5.91 Å². The van der Waals surface area contributed by atoms with Crippen LogP contribution < -0.4 is 10.1 Å². The van der Waals surface area contributed by atoms with Crippen molar-refractivity contribution in [3.8, 4) is 11.8 Å². The topological polar surface area (TPSA) is 65.4 Å². The molecule has 5 heteroatoms. The molecule has 5 nitrogen and oxygen atoms in total. The van der Waals surface area contributed by atoms with Crippen LogP contribution in [0.3, 0.4) is 0 Å². The van der Waals surface area contributed by atoms with Gasteiger partial charge in [-0.1, -0.05) is 6.42 Å². The molecule has 1 fully saturated rings. The number of nitrogens with one attached hydrogen (secondary N) is 1. The summed E-state index contributed by atoms with van der Waals surface area (Å²) in [6.07, 6.45) is 4.36. The number of carbonyl (C=O) groups is 1. The Morgan fingerprint density at radius 1 is 1.30 bits per heavy atom. The first-order valence-electron chi connectivity index (χ1n) is 8.36. The minimum Gasteiger partial charge on any atom is -0.481 e. The average Bonchev–Trinajstić information content (AvgIpc) is 2.60. The van der Waals surface area contributed by atoms with Gasteiger partial charge >= 0.3 is 0 Å². The van der Waals surface area contributed by atoms with Crippen LogP contribution >= 0.6 is 0 Å². The number of amides is 1. The zero-order valence-corrected chi connectivity index (χ0v) is 13.8. The zero-order chi connectivity index (χ0) is 16.5. The minimum absolute atomic E-state index is 0.104. The summed E-state index contributed by atoms with van der Waals surface area (Å²) >= 11 is 0.